The third-order valence-corrected chi connectivity index (χ3v) is 14.2. The SMILES string of the molecule is CC[C@@H]1C[C@H](C)CCC=C[C@@H]2C[C@@]2(C(=O)NS(=O)(=O)C2CC2)NC(=O)[C@@H]2C[C@@H](Oc3cc4nc(OC)c(C(F)(F)F)nc4cc3OC)CN2C(=O)[C@H]1N(C(=O)O)C(C)(C)C(F)(F)F. The van der Waals surface area contributed by atoms with Gasteiger partial charge in [-0.1, -0.05) is 32.4 Å². The molecule has 4 amide bonds. The highest BCUT2D eigenvalue weighted by molar-refractivity contribution is 7.91. The minimum atomic E-state index is -5.18. The molecular formula is C40H50F6N6O10S. The van der Waals surface area contributed by atoms with E-state index in [4.69, 9.17) is 14.2 Å². The number of ether oxygens (including phenoxy) is 3. The van der Waals surface area contributed by atoms with Crippen molar-refractivity contribution in [2.75, 3.05) is 20.8 Å². The summed E-state index contributed by atoms with van der Waals surface area (Å²) in [5, 5.41) is 12.4. The van der Waals surface area contributed by atoms with Gasteiger partial charge in [-0.25, -0.2) is 23.2 Å². The fourth-order valence-electron chi connectivity index (χ4n) is 8.48. The Morgan fingerprint density at radius 2 is 1.67 bits per heavy atom. The number of aromatic nitrogens is 2. The number of alkyl halides is 6. The summed E-state index contributed by atoms with van der Waals surface area (Å²) in [6.07, 6.45) is -8.72. The molecule has 6 rings (SSSR count). The first-order valence-electron chi connectivity index (χ1n) is 20.4. The van der Waals surface area contributed by atoms with Crippen LogP contribution in [0.3, 0.4) is 0 Å². The summed E-state index contributed by atoms with van der Waals surface area (Å²) in [5.74, 6) is -6.29. The van der Waals surface area contributed by atoms with Crippen LogP contribution in [-0.4, -0.2) is 119 Å². The zero-order valence-corrected chi connectivity index (χ0v) is 36.1. The van der Waals surface area contributed by atoms with Crippen molar-refractivity contribution < 1.29 is 73.3 Å². The standard InChI is InChI=1S/C40H50F6N6O10S/c1-7-21-14-20(2)10-8-9-11-22-18-38(22,35(55)50-63(58,59)24-12-13-24)49-32(53)27-15-23(19-51(27)34(54)30(21)52(36(56)57)37(3,4)40(44,45)46)62-29-17-26-25(16-28(29)60-5)47-31(39(41,42)43)33(48-26)61-6/h9,11,16-17,20-24,27,30H,7-8,10,12-15,18-19H2,1-6H3,(H,49,53)(H,50,55)(H,56,57)/t20-,21-,22-,23-,27+,30+,38-/m1/s1. The molecule has 16 nitrogen and oxygen atoms in total. The summed E-state index contributed by atoms with van der Waals surface area (Å²) >= 11 is 0. The van der Waals surface area contributed by atoms with Crippen LogP contribution in [0, 0.1) is 17.8 Å². The number of fused-ring (bicyclic) bond motifs is 3. The zero-order chi connectivity index (χ0) is 46.6. The smallest absolute Gasteiger partial charge is 0.438 e. The number of sulfonamides is 1. The van der Waals surface area contributed by atoms with E-state index in [9.17, 15) is 54.3 Å². The number of nitrogens with one attached hydrogen (secondary N) is 2. The van der Waals surface area contributed by atoms with Crippen molar-refractivity contribution in [1.82, 2.24) is 29.8 Å². The molecule has 0 radical (unpaired) electrons. The first-order valence-corrected chi connectivity index (χ1v) is 22.0. The number of benzene rings is 1. The number of rotatable bonds is 10. The number of methoxy groups -OCH3 is 2. The van der Waals surface area contributed by atoms with Gasteiger partial charge in [0.05, 0.1) is 37.0 Å². The number of carboxylic acid groups (broad SMARTS) is 1. The third kappa shape index (κ3) is 9.43. The Hall–Kier alpha value is -5.09. The molecule has 2 aliphatic heterocycles. The lowest BCUT2D eigenvalue weighted by atomic mass is 9.82. The van der Waals surface area contributed by atoms with E-state index in [1.165, 1.54) is 13.2 Å². The van der Waals surface area contributed by atoms with Crippen molar-refractivity contribution in [2.45, 2.75) is 126 Å². The van der Waals surface area contributed by atoms with Gasteiger partial charge in [0.15, 0.2) is 11.5 Å². The van der Waals surface area contributed by atoms with Crippen molar-refractivity contribution in [3.05, 3.63) is 30.0 Å². The molecule has 3 fully saturated rings. The quantitative estimate of drug-likeness (QED) is 0.197. The minimum Gasteiger partial charge on any atom is -0.493 e. The number of hydrogen-bond acceptors (Lipinski definition) is 11. The number of allylic oxidation sites excluding steroid dienone is 1. The fraction of sp³-hybridized carbons (Fsp3) is 0.650. The molecule has 2 aromatic rings. The maximum Gasteiger partial charge on any atom is 0.438 e. The average molecular weight is 921 g/mol. The molecule has 3 N–H and O–H groups in total. The van der Waals surface area contributed by atoms with Crippen molar-refractivity contribution in [3.63, 3.8) is 0 Å². The van der Waals surface area contributed by atoms with Gasteiger partial charge in [0.2, 0.25) is 33.4 Å². The normalized spacial score (nSPS) is 27.3. The second-order valence-electron chi connectivity index (χ2n) is 17.2. The molecule has 1 aromatic heterocycles. The Kier molecular flexibility index (Phi) is 12.9. The van der Waals surface area contributed by atoms with E-state index in [-0.39, 0.29) is 52.6 Å². The van der Waals surface area contributed by atoms with Crippen LogP contribution in [0.4, 0.5) is 31.1 Å². The third-order valence-electron chi connectivity index (χ3n) is 12.4. The molecule has 7 atom stereocenters. The second-order valence-corrected chi connectivity index (χ2v) is 19.1. The van der Waals surface area contributed by atoms with E-state index < -0.39 is 117 Å². The van der Waals surface area contributed by atoms with Crippen molar-refractivity contribution in [3.8, 4) is 17.4 Å². The van der Waals surface area contributed by atoms with Crippen LogP contribution >= 0.6 is 0 Å². The molecule has 23 heteroatoms. The molecule has 2 aliphatic carbocycles. The Bertz CT molecular complexity index is 2270. The summed E-state index contributed by atoms with van der Waals surface area (Å²) in [7, 11) is -1.96. The molecule has 4 aliphatic rings. The molecule has 1 aromatic carbocycles. The summed E-state index contributed by atoms with van der Waals surface area (Å²) in [5.41, 5.74) is -6.77. The first kappa shape index (κ1) is 47.4. The van der Waals surface area contributed by atoms with Crippen LogP contribution < -0.4 is 24.2 Å². The van der Waals surface area contributed by atoms with Crippen LogP contribution in [0.2, 0.25) is 0 Å². The molecule has 0 unspecified atom stereocenters. The lowest BCUT2D eigenvalue weighted by Crippen LogP contribution is -2.66. The second kappa shape index (κ2) is 17.1. The van der Waals surface area contributed by atoms with Crippen LogP contribution in [0.15, 0.2) is 24.3 Å². The van der Waals surface area contributed by atoms with Gasteiger partial charge in [-0.05, 0) is 64.2 Å². The highest BCUT2D eigenvalue weighted by atomic mass is 32.2. The largest absolute Gasteiger partial charge is 0.493 e. The van der Waals surface area contributed by atoms with Crippen molar-refractivity contribution in [2.24, 2.45) is 17.8 Å². The van der Waals surface area contributed by atoms with E-state index in [0.29, 0.717) is 39.5 Å². The van der Waals surface area contributed by atoms with Gasteiger partial charge >= 0.3 is 18.4 Å². The van der Waals surface area contributed by atoms with Crippen molar-refractivity contribution >= 4 is 44.9 Å². The molecule has 2 saturated carbocycles. The molecular weight excluding hydrogens is 871 g/mol. The summed E-state index contributed by atoms with van der Waals surface area (Å²) < 4.78 is 130. The Morgan fingerprint density at radius 3 is 2.24 bits per heavy atom. The van der Waals surface area contributed by atoms with Gasteiger partial charge in [0.25, 0.3) is 5.91 Å². The van der Waals surface area contributed by atoms with Gasteiger partial charge in [-0.15, -0.1) is 0 Å². The number of carbonyl (C=O) groups is 4. The highest BCUT2D eigenvalue weighted by Crippen LogP contribution is 2.47. The van der Waals surface area contributed by atoms with Gasteiger partial charge in [-0.3, -0.25) is 24.0 Å². The molecule has 0 spiro atoms. The maximum atomic E-state index is 15.2. The highest BCUT2D eigenvalue weighted by Gasteiger charge is 2.63. The number of nitrogens with zero attached hydrogens (tertiary/aromatic N) is 4. The van der Waals surface area contributed by atoms with Crippen LogP contribution in [-0.2, 0) is 30.6 Å². The predicted molar refractivity (Wildman–Crippen MR) is 211 cm³/mol. The maximum absolute atomic E-state index is 15.2. The summed E-state index contributed by atoms with van der Waals surface area (Å²) in [6, 6.07) is -1.36. The van der Waals surface area contributed by atoms with Crippen LogP contribution in [0.5, 0.6) is 17.4 Å². The van der Waals surface area contributed by atoms with E-state index >= 15 is 4.79 Å². The van der Waals surface area contributed by atoms with E-state index in [1.807, 2.05) is 6.92 Å². The van der Waals surface area contributed by atoms with Crippen LogP contribution in [0.25, 0.3) is 11.0 Å². The molecule has 63 heavy (non-hydrogen) atoms. The van der Waals surface area contributed by atoms with Gasteiger partial charge in [-0.2, -0.15) is 26.3 Å². The Balaban J connectivity index is 1.45. The van der Waals surface area contributed by atoms with E-state index in [2.05, 4.69) is 20.0 Å². The lowest BCUT2D eigenvalue weighted by molar-refractivity contribution is -0.222. The number of carbonyl (C=O) groups excluding carboxylic acids is 3. The molecule has 3 heterocycles. The Labute approximate surface area is 359 Å². The van der Waals surface area contributed by atoms with Gasteiger partial charge in [0.1, 0.15) is 29.3 Å². The fourth-order valence-corrected chi connectivity index (χ4v) is 9.84. The average Bonchev–Trinajstić information content (AvgIpc) is 4.12. The van der Waals surface area contributed by atoms with Crippen molar-refractivity contribution in [1.29, 1.82) is 0 Å². The van der Waals surface area contributed by atoms with E-state index in [1.54, 1.807) is 19.1 Å². The molecule has 348 valence electrons. The monoisotopic (exact) mass is 920 g/mol. The summed E-state index contributed by atoms with van der Waals surface area (Å²) in [4.78, 5) is 65.2. The predicted octanol–water partition coefficient (Wildman–Crippen LogP) is 5.59. The lowest BCUT2D eigenvalue weighted by Gasteiger charge is -2.46. The van der Waals surface area contributed by atoms with E-state index in [0.717, 1.165) is 18.1 Å². The molecule has 1 saturated heterocycles. The van der Waals surface area contributed by atoms with Gasteiger partial charge < -0.3 is 29.5 Å². The number of halogens is 6. The zero-order valence-electron chi connectivity index (χ0n) is 35.3. The molecule has 0 bridgehead atoms. The first-order chi connectivity index (χ1) is 29.3. The minimum absolute atomic E-state index is 0.0284. The number of hydrogen-bond donors (Lipinski definition) is 3. The topological polar surface area (TPSA) is 207 Å². The Morgan fingerprint density at radius 1 is 1.02 bits per heavy atom. The summed E-state index contributed by atoms with van der Waals surface area (Å²) in [6.45, 7) is 4.15. The van der Waals surface area contributed by atoms with Gasteiger partial charge in [0, 0.05) is 24.5 Å². The van der Waals surface area contributed by atoms with Crippen LogP contribution in [0.1, 0.15) is 84.8 Å². The number of amides is 4.